The summed E-state index contributed by atoms with van der Waals surface area (Å²) in [5.74, 6) is 0.0635. The van der Waals surface area contributed by atoms with E-state index in [2.05, 4.69) is 4.90 Å². The largest absolute Gasteiger partial charge is 0.497 e. The molecule has 1 aromatic rings. The van der Waals surface area contributed by atoms with E-state index in [0.717, 1.165) is 32.4 Å². The van der Waals surface area contributed by atoms with Crippen molar-refractivity contribution in [2.24, 2.45) is 0 Å². The van der Waals surface area contributed by atoms with Gasteiger partial charge in [-0.15, -0.1) is 0 Å². The van der Waals surface area contributed by atoms with Crippen LogP contribution in [0.4, 0.5) is 4.39 Å². The van der Waals surface area contributed by atoms with Crippen LogP contribution in [0.1, 0.15) is 44.8 Å². The lowest BCUT2D eigenvalue weighted by atomic mass is 9.85. The number of rotatable bonds is 5. The van der Waals surface area contributed by atoms with Gasteiger partial charge < -0.3 is 9.84 Å². The lowest BCUT2D eigenvalue weighted by molar-refractivity contribution is -0.0158. The Labute approximate surface area is 120 Å². The molecule has 3 nitrogen and oxygen atoms in total. The summed E-state index contributed by atoms with van der Waals surface area (Å²) in [6.45, 7) is 6.01. The Morgan fingerprint density at radius 1 is 1.40 bits per heavy atom. The van der Waals surface area contributed by atoms with Crippen molar-refractivity contribution in [1.29, 1.82) is 0 Å². The van der Waals surface area contributed by atoms with E-state index in [1.165, 1.54) is 13.2 Å². The maximum absolute atomic E-state index is 14.2. The van der Waals surface area contributed by atoms with E-state index < -0.39 is 17.5 Å². The van der Waals surface area contributed by atoms with Crippen LogP contribution in [0.25, 0.3) is 0 Å². The fraction of sp³-hybridized carbons (Fsp3) is 0.625. The zero-order valence-electron chi connectivity index (χ0n) is 12.5. The van der Waals surface area contributed by atoms with Crippen molar-refractivity contribution in [1.82, 2.24) is 4.90 Å². The van der Waals surface area contributed by atoms with E-state index in [1.54, 1.807) is 12.1 Å². The van der Waals surface area contributed by atoms with Gasteiger partial charge in [0.15, 0.2) is 0 Å². The first-order valence-electron chi connectivity index (χ1n) is 7.29. The third-order valence-electron chi connectivity index (χ3n) is 4.64. The first kappa shape index (κ1) is 15.3. The fourth-order valence-electron chi connectivity index (χ4n) is 3.01. The molecule has 4 heteroatoms. The molecule has 1 saturated heterocycles. The maximum Gasteiger partial charge on any atom is 0.132 e. The lowest BCUT2D eigenvalue weighted by Gasteiger charge is -2.42. The molecule has 1 heterocycles. The van der Waals surface area contributed by atoms with Crippen LogP contribution in [0.5, 0.6) is 5.75 Å². The third kappa shape index (κ3) is 2.67. The van der Waals surface area contributed by atoms with Gasteiger partial charge in [0, 0.05) is 17.2 Å². The summed E-state index contributed by atoms with van der Waals surface area (Å²) >= 11 is 0. The molecule has 1 aliphatic rings. The highest BCUT2D eigenvalue weighted by molar-refractivity contribution is 5.31. The van der Waals surface area contributed by atoms with Gasteiger partial charge in [0.05, 0.1) is 13.2 Å². The minimum absolute atomic E-state index is 0.349. The zero-order valence-corrected chi connectivity index (χ0v) is 12.5. The van der Waals surface area contributed by atoms with Crippen molar-refractivity contribution in [3.63, 3.8) is 0 Å². The Balaban J connectivity index is 2.30. The second-order valence-corrected chi connectivity index (χ2v) is 5.69. The molecule has 1 fully saturated rings. The standard InChI is InChI=1S/C16H24FNO2/c1-4-16(2,18-9-5-6-10-18)15(19)13-8-7-12(20-3)11-14(13)17/h7-8,11,15,19H,4-6,9-10H2,1-3H3. The molecular formula is C16H24FNO2. The van der Waals surface area contributed by atoms with Crippen LogP contribution in [0.15, 0.2) is 18.2 Å². The number of likely N-dealkylation sites (tertiary alicyclic amines) is 1. The summed E-state index contributed by atoms with van der Waals surface area (Å²) in [5, 5.41) is 10.7. The van der Waals surface area contributed by atoms with Crippen LogP contribution >= 0.6 is 0 Å². The van der Waals surface area contributed by atoms with E-state index in [4.69, 9.17) is 4.74 Å². The van der Waals surface area contributed by atoms with E-state index >= 15 is 0 Å². The smallest absolute Gasteiger partial charge is 0.132 e. The van der Waals surface area contributed by atoms with Crippen molar-refractivity contribution < 1.29 is 14.2 Å². The number of aliphatic hydroxyl groups is 1. The van der Waals surface area contributed by atoms with Crippen LogP contribution in [-0.4, -0.2) is 35.7 Å². The van der Waals surface area contributed by atoms with E-state index in [9.17, 15) is 9.50 Å². The summed E-state index contributed by atoms with van der Waals surface area (Å²) in [4.78, 5) is 2.28. The molecule has 2 unspecified atom stereocenters. The summed E-state index contributed by atoms with van der Waals surface area (Å²) in [7, 11) is 1.51. The molecule has 0 radical (unpaired) electrons. The molecule has 20 heavy (non-hydrogen) atoms. The van der Waals surface area contributed by atoms with Gasteiger partial charge in [-0.1, -0.05) is 6.92 Å². The van der Waals surface area contributed by atoms with Gasteiger partial charge in [0.25, 0.3) is 0 Å². The molecule has 112 valence electrons. The zero-order chi connectivity index (χ0) is 14.8. The van der Waals surface area contributed by atoms with Crippen LogP contribution in [-0.2, 0) is 0 Å². The van der Waals surface area contributed by atoms with Gasteiger partial charge in [-0.2, -0.15) is 0 Å². The van der Waals surface area contributed by atoms with Crippen LogP contribution in [0.3, 0.4) is 0 Å². The van der Waals surface area contributed by atoms with E-state index in [1.807, 2.05) is 13.8 Å². The van der Waals surface area contributed by atoms with Crippen LogP contribution in [0, 0.1) is 5.82 Å². The Morgan fingerprint density at radius 3 is 2.55 bits per heavy atom. The highest BCUT2D eigenvalue weighted by atomic mass is 19.1. The van der Waals surface area contributed by atoms with Gasteiger partial charge in [-0.3, -0.25) is 4.90 Å². The van der Waals surface area contributed by atoms with E-state index in [-0.39, 0.29) is 0 Å². The molecule has 0 aliphatic carbocycles. The molecular weight excluding hydrogens is 257 g/mol. The number of methoxy groups -OCH3 is 1. The SMILES string of the molecule is CCC(C)(C(O)c1ccc(OC)cc1F)N1CCCC1. The van der Waals surface area contributed by atoms with Gasteiger partial charge in [-0.25, -0.2) is 4.39 Å². The van der Waals surface area contributed by atoms with Crippen molar-refractivity contribution in [3.05, 3.63) is 29.6 Å². The second kappa shape index (κ2) is 6.10. The lowest BCUT2D eigenvalue weighted by Crippen LogP contribution is -2.49. The second-order valence-electron chi connectivity index (χ2n) is 5.69. The van der Waals surface area contributed by atoms with Crippen molar-refractivity contribution >= 4 is 0 Å². The Hall–Kier alpha value is -1.13. The molecule has 1 aliphatic heterocycles. The number of halogens is 1. The topological polar surface area (TPSA) is 32.7 Å². The molecule has 0 amide bonds. The van der Waals surface area contributed by atoms with Crippen molar-refractivity contribution in [2.75, 3.05) is 20.2 Å². The highest BCUT2D eigenvalue weighted by Gasteiger charge is 2.40. The van der Waals surface area contributed by atoms with Gasteiger partial charge in [0.1, 0.15) is 11.6 Å². The predicted molar refractivity (Wildman–Crippen MR) is 77.4 cm³/mol. The summed E-state index contributed by atoms with van der Waals surface area (Å²) in [5.41, 5.74) is -0.0756. The Morgan fingerprint density at radius 2 is 2.05 bits per heavy atom. The highest BCUT2D eigenvalue weighted by Crippen LogP contribution is 2.37. The number of hydrogen-bond acceptors (Lipinski definition) is 3. The first-order chi connectivity index (χ1) is 9.52. The minimum Gasteiger partial charge on any atom is -0.497 e. The molecule has 2 atom stereocenters. The fourth-order valence-corrected chi connectivity index (χ4v) is 3.01. The van der Waals surface area contributed by atoms with Crippen molar-refractivity contribution in [3.8, 4) is 5.75 Å². The maximum atomic E-state index is 14.2. The van der Waals surface area contributed by atoms with Gasteiger partial charge in [-0.05, 0) is 51.4 Å². The number of ether oxygens (including phenoxy) is 1. The summed E-state index contributed by atoms with van der Waals surface area (Å²) in [6.07, 6.45) is 2.23. The average molecular weight is 281 g/mol. The Bertz CT molecular complexity index is 460. The first-order valence-corrected chi connectivity index (χ1v) is 7.29. The average Bonchev–Trinajstić information content (AvgIpc) is 3.00. The molecule has 0 bridgehead atoms. The minimum atomic E-state index is -0.837. The number of aliphatic hydroxyl groups excluding tert-OH is 1. The molecule has 0 spiro atoms. The molecule has 1 aromatic carbocycles. The number of nitrogens with zero attached hydrogens (tertiary/aromatic N) is 1. The Kier molecular flexibility index (Phi) is 4.66. The molecule has 0 saturated carbocycles. The summed E-state index contributed by atoms with van der Waals surface area (Å²) in [6, 6.07) is 4.66. The molecule has 2 rings (SSSR count). The van der Waals surface area contributed by atoms with E-state index in [0.29, 0.717) is 11.3 Å². The normalized spacial score (nSPS) is 20.6. The van der Waals surface area contributed by atoms with Gasteiger partial charge >= 0.3 is 0 Å². The summed E-state index contributed by atoms with van der Waals surface area (Å²) < 4.78 is 19.2. The quantitative estimate of drug-likeness (QED) is 0.900. The monoisotopic (exact) mass is 281 g/mol. The predicted octanol–water partition coefficient (Wildman–Crippen LogP) is 3.13. The van der Waals surface area contributed by atoms with Crippen LogP contribution < -0.4 is 4.74 Å². The molecule has 1 N–H and O–H groups in total. The van der Waals surface area contributed by atoms with Crippen LogP contribution in [0.2, 0.25) is 0 Å². The number of hydrogen-bond donors (Lipinski definition) is 1. The number of benzene rings is 1. The third-order valence-corrected chi connectivity index (χ3v) is 4.64. The van der Waals surface area contributed by atoms with Gasteiger partial charge in [0.2, 0.25) is 0 Å². The van der Waals surface area contributed by atoms with Crippen molar-refractivity contribution in [2.45, 2.75) is 44.8 Å². The molecule has 0 aromatic heterocycles.